The third-order valence-corrected chi connectivity index (χ3v) is 5.10. The zero-order valence-electron chi connectivity index (χ0n) is 11.1. The van der Waals surface area contributed by atoms with Crippen LogP contribution in [0.25, 0.3) is 0 Å². The molecular formula is C16H17NOS. The van der Waals surface area contributed by atoms with E-state index in [1.807, 2.05) is 5.38 Å². The number of carbonyl (C=O) groups excluding carboxylic acids is 1. The summed E-state index contributed by atoms with van der Waals surface area (Å²) in [6.07, 6.45) is 4.76. The second kappa shape index (κ2) is 4.89. The Labute approximate surface area is 117 Å². The standard InChI is InChI=1S/C16H17NOS/c1-12(18)14-11-19-15(17-14)16(9-5-6-10-16)13-7-3-2-4-8-13/h2-4,7-8,11H,5-6,9-10H2,1H3. The van der Waals surface area contributed by atoms with Gasteiger partial charge in [-0.25, -0.2) is 4.98 Å². The maximum Gasteiger partial charge on any atom is 0.178 e. The van der Waals surface area contributed by atoms with Gasteiger partial charge >= 0.3 is 0 Å². The molecule has 2 nitrogen and oxygen atoms in total. The van der Waals surface area contributed by atoms with Crippen molar-refractivity contribution in [1.29, 1.82) is 0 Å². The molecule has 3 heteroatoms. The van der Waals surface area contributed by atoms with Crippen LogP contribution >= 0.6 is 11.3 Å². The molecule has 0 N–H and O–H groups in total. The molecule has 1 aromatic heterocycles. The number of rotatable bonds is 3. The van der Waals surface area contributed by atoms with E-state index in [1.54, 1.807) is 18.3 Å². The van der Waals surface area contributed by atoms with Gasteiger partial charge in [0.15, 0.2) is 5.78 Å². The fraction of sp³-hybridized carbons (Fsp3) is 0.375. The van der Waals surface area contributed by atoms with E-state index in [9.17, 15) is 4.79 Å². The summed E-state index contributed by atoms with van der Waals surface area (Å²) in [4.78, 5) is 16.1. The highest BCUT2D eigenvalue weighted by atomic mass is 32.1. The SMILES string of the molecule is CC(=O)c1csc(C2(c3ccccc3)CCCC2)n1. The van der Waals surface area contributed by atoms with Gasteiger partial charge in [0.1, 0.15) is 10.7 Å². The molecule has 0 unspecified atom stereocenters. The molecule has 0 aliphatic heterocycles. The average molecular weight is 271 g/mol. The van der Waals surface area contributed by atoms with Gasteiger partial charge in [0.2, 0.25) is 0 Å². The van der Waals surface area contributed by atoms with Crippen molar-refractivity contribution in [2.75, 3.05) is 0 Å². The van der Waals surface area contributed by atoms with Crippen LogP contribution in [0.3, 0.4) is 0 Å². The minimum Gasteiger partial charge on any atom is -0.293 e. The second-order valence-electron chi connectivity index (χ2n) is 5.25. The van der Waals surface area contributed by atoms with Crippen LogP contribution in [-0.4, -0.2) is 10.8 Å². The number of hydrogen-bond acceptors (Lipinski definition) is 3. The molecule has 0 atom stereocenters. The lowest BCUT2D eigenvalue weighted by atomic mass is 9.79. The van der Waals surface area contributed by atoms with Crippen LogP contribution < -0.4 is 0 Å². The van der Waals surface area contributed by atoms with Gasteiger partial charge < -0.3 is 0 Å². The first-order valence-corrected chi connectivity index (χ1v) is 7.63. The molecule has 1 saturated carbocycles. The molecule has 0 bridgehead atoms. The number of ketones is 1. The zero-order chi connectivity index (χ0) is 13.3. The first-order valence-electron chi connectivity index (χ1n) is 6.75. The predicted molar refractivity (Wildman–Crippen MR) is 77.8 cm³/mol. The van der Waals surface area contributed by atoms with Crippen LogP contribution in [0, 0.1) is 0 Å². The van der Waals surface area contributed by atoms with Gasteiger partial charge in [0.05, 0.1) is 0 Å². The fourth-order valence-electron chi connectivity index (χ4n) is 3.02. The summed E-state index contributed by atoms with van der Waals surface area (Å²) in [7, 11) is 0. The molecule has 19 heavy (non-hydrogen) atoms. The van der Waals surface area contributed by atoms with Crippen molar-refractivity contribution in [3.63, 3.8) is 0 Å². The smallest absolute Gasteiger partial charge is 0.178 e. The van der Waals surface area contributed by atoms with Gasteiger partial charge in [-0.05, 0) is 18.4 Å². The number of nitrogens with zero attached hydrogens (tertiary/aromatic N) is 1. The number of hydrogen-bond donors (Lipinski definition) is 0. The van der Waals surface area contributed by atoms with Crippen molar-refractivity contribution in [3.05, 3.63) is 52.0 Å². The van der Waals surface area contributed by atoms with Crippen molar-refractivity contribution < 1.29 is 4.79 Å². The lowest BCUT2D eigenvalue weighted by molar-refractivity contribution is 0.101. The highest BCUT2D eigenvalue weighted by Gasteiger charge is 2.39. The van der Waals surface area contributed by atoms with Gasteiger partial charge in [-0.1, -0.05) is 43.2 Å². The van der Waals surface area contributed by atoms with E-state index in [0.717, 1.165) is 17.8 Å². The summed E-state index contributed by atoms with van der Waals surface area (Å²) in [5.74, 6) is 0.0590. The van der Waals surface area contributed by atoms with Gasteiger partial charge in [-0.15, -0.1) is 11.3 Å². The van der Waals surface area contributed by atoms with E-state index in [1.165, 1.54) is 18.4 Å². The summed E-state index contributed by atoms with van der Waals surface area (Å²) in [5, 5.41) is 3.02. The Morgan fingerprint density at radius 1 is 1.21 bits per heavy atom. The Morgan fingerprint density at radius 3 is 2.47 bits per heavy atom. The highest BCUT2D eigenvalue weighted by molar-refractivity contribution is 7.10. The fourth-order valence-corrected chi connectivity index (χ4v) is 4.16. The molecule has 1 aromatic carbocycles. The van der Waals surface area contributed by atoms with Crippen molar-refractivity contribution in [3.8, 4) is 0 Å². The molecule has 0 saturated heterocycles. The maximum atomic E-state index is 11.5. The molecule has 0 spiro atoms. The molecular weight excluding hydrogens is 254 g/mol. The molecule has 0 amide bonds. The van der Waals surface area contributed by atoms with E-state index in [4.69, 9.17) is 0 Å². The number of aromatic nitrogens is 1. The molecule has 1 heterocycles. The lowest BCUT2D eigenvalue weighted by Gasteiger charge is -2.27. The molecule has 2 aromatic rings. The van der Waals surface area contributed by atoms with E-state index < -0.39 is 0 Å². The third-order valence-electron chi connectivity index (χ3n) is 4.06. The Balaban J connectivity index is 2.08. The summed E-state index contributed by atoms with van der Waals surface area (Å²) in [6, 6.07) is 10.6. The second-order valence-corrected chi connectivity index (χ2v) is 6.11. The zero-order valence-corrected chi connectivity index (χ0v) is 11.9. The van der Waals surface area contributed by atoms with Gasteiger partial charge in [0, 0.05) is 17.7 Å². The predicted octanol–water partition coefficient (Wildman–Crippen LogP) is 4.21. The van der Waals surface area contributed by atoms with Crippen LogP contribution in [0.4, 0.5) is 0 Å². The Hall–Kier alpha value is -1.48. The van der Waals surface area contributed by atoms with Crippen molar-refractivity contribution in [1.82, 2.24) is 4.98 Å². The minimum absolute atomic E-state index is 0.0413. The van der Waals surface area contributed by atoms with Crippen molar-refractivity contribution in [2.24, 2.45) is 0 Å². The van der Waals surface area contributed by atoms with Gasteiger partial charge in [-0.2, -0.15) is 0 Å². The van der Waals surface area contributed by atoms with Gasteiger partial charge in [0.25, 0.3) is 0 Å². The minimum atomic E-state index is 0.0413. The first-order chi connectivity index (χ1) is 9.22. The van der Waals surface area contributed by atoms with E-state index >= 15 is 0 Å². The Morgan fingerprint density at radius 2 is 1.89 bits per heavy atom. The third kappa shape index (κ3) is 2.12. The molecule has 0 radical (unpaired) electrons. The molecule has 1 fully saturated rings. The van der Waals surface area contributed by atoms with E-state index in [0.29, 0.717) is 5.69 Å². The van der Waals surface area contributed by atoms with Crippen LogP contribution in [0.2, 0.25) is 0 Å². The quantitative estimate of drug-likeness (QED) is 0.783. The normalized spacial score (nSPS) is 17.5. The van der Waals surface area contributed by atoms with Crippen LogP contribution in [-0.2, 0) is 5.41 Å². The van der Waals surface area contributed by atoms with Crippen LogP contribution in [0.5, 0.6) is 0 Å². The summed E-state index contributed by atoms with van der Waals surface area (Å²) in [6.45, 7) is 1.59. The molecule has 1 aliphatic rings. The highest BCUT2D eigenvalue weighted by Crippen LogP contribution is 2.47. The maximum absolute atomic E-state index is 11.5. The Bertz CT molecular complexity index is 582. The van der Waals surface area contributed by atoms with Crippen molar-refractivity contribution in [2.45, 2.75) is 38.0 Å². The summed E-state index contributed by atoms with van der Waals surface area (Å²) >= 11 is 1.64. The lowest BCUT2D eigenvalue weighted by Crippen LogP contribution is -2.23. The first kappa shape index (κ1) is 12.5. The van der Waals surface area contributed by atoms with Crippen molar-refractivity contribution >= 4 is 17.1 Å². The van der Waals surface area contributed by atoms with E-state index in [-0.39, 0.29) is 11.2 Å². The summed E-state index contributed by atoms with van der Waals surface area (Å²) in [5.41, 5.74) is 2.00. The van der Waals surface area contributed by atoms with E-state index in [2.05, 4.69) is 35.3 Å². The summed E-state index contributed by atoms with van der Waals surface area (Å²) < 4.78 is 0. The van der Waals surface area contributed by atoms with Crippen LogP contribution in [0.1, 0.15) is 53.7 Å². The number of Topliss-reactive ketones (excluding diaryl/α,β-unsaturated/α-hetero) is 1. The van der Waals surface area contributed by atoms with Gasteiger partial charge in [-0.3, -0.25) is 4.79 Å². The number of carbonyl (C=O) groups is 1. The molecule has 3 rings (SSSR count). The number of thiazole rings is 1. The topological polar surface area (TPSA) is 30.0 Å². The monoisotopic (exact) mass is 271 g/mol. The Kier molecular flexibility index (Phi) is 3.23. The molecule has 98 valence electrons. The average Bonchev–Trinajstić information content (AvgIpc) is 3.09. The van der Waals surface area contributed by atoms with Crippen LogP contribution in [0.15, 0.2) is 35.7 Å². The largest absolute Gasteiger partial charge is 0.293 e. The molecule has 1 aliphatic carbocycles. The number of benzene rings is 1.